The maximum Gasteiger partial charge on any atom is 0.416 e. The average Bonchev–Trinajstić information content (AvgIpc) is 2.98. The van der Waals surface area contributed by atoms with Gasteiger partial charge in [0.15, 0.2) is 6.29 Å². The molecule has 2 saturated heterocycles. The Balaban J connectivity index is 1.38. The molecule has 5 rings (SSSR count). The van der Waals surface area contributed by atoms with Gasteiger partial charge in [0.1, 0.15) is 5.82 Å². The number of aromatic nitrogens is 1. The number of rotatable bonds is 7. The number of anilines is 1. The summed E-state index contributed by atoms with van der Waals surface area (Å²) in [5, 5.41) is 0. The van der Waals surface area contributed by atoms with Crippen LogP contribution in [-0.4, -0.2) is 54.9 Å². The Morgan fingerprint density at radius 1 is 1.00 bits per heavy atom. The van der Waals surface area contributed by atoms with Gasteiger partial charge in [0.05, 0.1) is 42.3 Å². The molecule has 1 amide bonds. The first-order valence-corrected chi connectivity index (χ1v) is 14.0. The van der Waals surface area contributed by atoms with Crippen molar-refractivity contribution in [3.05, 3.63) is 95.1 Å². The summed E-state index contributed by atoms with van der Waals surface area (Å²) in [5.41, 5.74) is -1.79. The number of carbonyl (C=O) groups is 1. The molecule has 0 radical (unpaired) electrons. The highest BCUT2D eigenvalue weighted by Crippen LogP contribution is 2.42. The number of pyridine rings is 1. The molecule has 2 aliphatic rings. The molecular weight excluding hydrogens is 595 g/mol. The first-order chi connectivity index (χ1) is 20.8. The number of benzene rings is 2. The minimum atomic E-state index is -5.01. The van der Waals surface area contributed by atoms with E-state index in [1.807, 2.05) is 11.0 Å². The van der Waals surface area contributed by atoms with Gasteiger partial charge < -0.3 is 19.3 Å². The molecule has 44 heavy (non-hydrogen) atoms. The molecule has 2 fully saturated rings. The van der Waals surface area contributed by atoms with Crippen LogP contribution >= 0.6 is 0 Å². The van der Waals surface area contributed by atoms with Gasteiger partial charge in [-0.1, -0.05) is 12.1 Å². The number of ether oxygens (including phenoxy) is 2. The lowest BCUT2D eigenvalue weighted by Crippen LogP contribution is -2.53. The molecule has 6 nitrogen and oxygen atoms in total. The maximum atomic E-state index is 13.8. The van der Waals surface area contributed by atoms with E-state index >= 15 is 0 Å². The fourth-order valence-corrected chi connectivity index (χ4v) is 5.72. The van der Waals surface area contributed by atoms with Gasteiger partial charge in [0.25, 0.3) is 0 Å². The molecule has 2 aromatic carbocycles. The summed E-state index contributed by atoms with van der Waals surface area (Å²) in [7, 11) is 0. The minimum absolute atomic E-state index is 0.0652. The van der Waals surface area contributed by atoms with Crippen molar-refractivity contribution >= 4 is 11.6 Å². The van der Waals surface area contributed by atoms with Gasteiger partial charge in [-0.05, 0) is 72.9 Å². The van der Waals surface area contributed by atoms with Gasteiger partial charge in [-0.3, -0.25) is 9.78 Å². The molecule has 13 heteroatoms. The highest BCUT2D eigenvalue weighted by molar-refractivity contribution is 5.82. The van der Waals surface area contributed by atoms with Crippen LogP contribution in [0.1, 0.15) is 47.6 Å². The Hall–Kier alpha value is -3.71. The molecule has 0 bridgehead atoms. The predicted molar refractivity (Wildman–Crippen MR) is 146 cm³/mol. The maximum absolute atomic E-state index is 13.8. The molecule has 0 aliphatic carbocycles. The summed E-state index contributed by atoms with van der Waals surface area (Å²) in [6.07, 6.45) is -8.52. The Kier molecular flexibility index (Phi) is 9.17. The van der Waals surface area contributed by atoms with E-state index in [2.05, 4.69) is 4.98 Å². The van der Waals surface area contributed by atoms with Gasteiger partial charge in [0, 0.05) is 31.7 Å². The first kappa shape index (κ1) is 31.7. The van der Waals surface area contributed by atoms with E-state index in [0.29, 0.717) is 43.8 Å². The Morgan fingerprint density at radius 3 is 2.27 bits per heavy atom. The number of alkyl halides is 6. The van der Waals surface area contributed by atoms with Crippen LogP contribution in [0.4, 0.5) is 36.4 Å². The predicted octanol–water partition coefficient (Wildman–Crippen LogP) is 6.83. The molecule has 0 saturated carbocycles. The topological polar surface area (TPSA) is 54.9 Å². The van der Waals surface area contributed by atoms with Gasteiger partial charge in [-0.15, -0.1) is 0 Å². The van der Waals surface area contributed by atoms with Crippen molar-refractivity contribution in [3.63, 3.8) is 0 Å². The van der Waals surface area contributed by atoms with Crippen molar-refractivity contribution in [1.82, 2.24) is 9.88 Å². The van der Waals surface area contributed by atoms with Crippen molar-refractivity contribution in [2.24, 2.45) is 5.92 Å². The van der Waals surface area contributed by atoms with Gasteiger partial charge in [0.2, 0.25) is 5.91 Å². The Bertz CT molecular complexity index is 1400. The normalized spacial score (nSPS) is 22.3. The number of hydrogen-bond donors (Lipinski definition) is 0. The lowest BCUT2D eigenvalue weighted by atomic mass is 9.81. The van der Waals surface area contributed by atoms with E-state index in [9.17, 15) is 35.5 Å². The van der Waals surface area contributed by atoms with Crippen molar-refractivity contribution in [2.75, 3.05) is 37.7 Å². The number of hydrogen-bond acceptors (Lipinski definition) is 5. The molecule has 3 heterocycles. The third-order valence-electron chi connectivity index (χ3n) is 8.03. The molecule has 0 N–H and O–H groups in total. The van der Waals surface area contributed by atoms with Crippen molar-refractivity contribution < 1.29 is 45.0 Å². The zero-order chi connectivity index (χ0) is 31.6. The summed E-state index contributed by atoms with van der Waals surface area (Å²) < 4.78 is 107. The number of halogens is 7. The zero-order valence-corrected chi connectivity index (χ0v) is 23.6. The molecular formula is C31H30F7N3O3. The lowest BCUT2D eigenvalue weighted by molar-refractivity contribution is -0.210. The highest BCUT2D eigenvalue weighted by atomic mass is 19.4. The minimum Gasteiger partial charge on any atom is -0.359 e. The third kappa shape index (κ3) is 7.32. The van der Waals surface area contributed by atoms with Crippen LogP contribution in [0.25, 0.3) is 0 Å². The molecule has 0 spiro atoms. The van der Waals surface area contributed by atoms with E-state index in [0.717, 1.165) is 5.69 Å². The van der Waals surface area contributed by atoms with Gasteiger partial charge in [-0.25, -0.2) is 4.39 Å². The van der Waals surface area contributed by atoms with Gasteiger partial charge >= 0.3 is 12.4 Å². The van der Waals surface area contributed by atoms with E-state index in [-0.39, 0.29) is 36.6 Å². The van der Waals surface area contributed by atoms with Crippen LogP contribution in [0.15, 0.2) is 67.0 Å². The fraction of sp³-hybridized carbons (Fsp3) is 0.419. The molecule has 3 aromatic rings. The van der Waals surface area contributed by atoms with E-state index < -0.39 is 47.6 Å². The summed E-state index contributed by atoms with van der Waals surface area (Å²) in [5.74, 6) is -1.45. The van der Waals surface area contributed by atoms with Crippen molar-refractivity contribution in [2.45, 2.75) is 44.0 Å². The number of amides is 1. The third-order valence-corrected chi connectivity index (χ3v) is 8.03. The van der Waals surface area contributed by atoms with E-state index in [1.54, 1.807) is 23.4 Å². The number of carbonyl (C=O) groups excluding carboxylic acids is 1. The molecule has 1 aromatic heterocycles. The standard InChI is InChI=1S/C31H30F7N3O3/c1-19(22-13-23(30(33,34)35)15-24(14-22)31(36,37)38)44-29-28(20-4-6-25(32)7-5-20)21(8-12-43-29)17-41-11-10-40(18-27(41)42)26-3-2-9-39-16-26/h2-7,9,13-16,19,21,28-29H,8,10-12,17-18H2,1H3/t19-,21+,28+,29-/m1/s1. The monoisotopic (exact) mass is 625 g/mol. The second-order valence-corrected chi connectivity index (χ2v) is 11.0. The second-order valence-electron chi connectivity index (χ2n) is 11.0. The van der Waals surface area contributed by atoms with E-state index in [1.165, 1.54) is 31.2 Å². The number of nitrogens with zero attached hydrogens (tertiary/aromatic N) is 3. The molecule has 0 unspecified atom stereocenters. The SMILES string of the molecule is C[C@@H](O[C@H]1OCC[C@@H](CN2CCN(c3cccnc3)CC2=O)[C@@H]1c1ccc(F)cc1)c1cc(C(F)(F)F)cc(C(F)(F)F)c1. The van der Waals surface area contributed by atoms with Crippen LogP contribution in [0.3, 0.4) is 0 Å². The van der Waals surface area contributed by atoms with E-state index in [4.69, 9.17) is 9.47 Å². The summed E-state index contributed by atoms with van der Waals surface area (Å²) >= 11 is 0. The molecule has 4 atom stereocenters. The van der Waals surface area contributed by atoms with Crippen LogP contribution in [-0.2, 0) is 26.6 Å². The largest absolute Gasteiger partial charge is 0.416 e. The highest BCUT2D eigenvalue weighted by Gasteiger charge is 2.41. The fourth-order valence-electron chi connectivity index (χ4n) is 5.72. The van der Waals surface area contributed by atoms with Crippen LogP contribution < -0.4 is 4.90 Å². The van der Waals surface area contributed by atoms with Crippen molar-refractivity contribution in [1.29, 1.82) is 0 Å². The quantitative estimate of drug-likeness (QED) is 0.270. The summed E-state index contributed by atoms with van der Waals surface area (Å²) in [6, 6.07) is 10.6. The summed E-state index contributed by atoms with van der Waals surface area (Å²) in [4.78, 5) is 20.9. The molecule has 2 aliphatic heterocycles. The smallest absolute Gasteiger partial charge is 0.359 e. The van der Waals surface area contributed by atoms with Crippen molar-refractivity contribution in [3.8, 4) is 0 Å². The lowest BCUT2D eigenvalue weighted by Gasteiger charge is -2.43. The van der Waals surface area contributed by atoms with Crippen LogP contribution in [0, 0.1) is 11.7 Å². The number of piperazine rings is 1. The average molecular weight is 626 g/mol. The van der Waals surface area contributed by atoms with Crippen LogP contribution in [0.2, 0.25) is 0 Å². The summed E-state index contributed by atoms with van der Waals surface area (Å²) in [6.45, 7) is 2.97. The Morgan fingerprint density at radius 2 is 1.68 bits per heavy atom. The second kappa shape index (κ2) is 12.7. The zero-order valence-electron chi connectivity index (χ0n) is 23.6. The Labute approximate surface area is 249 Å². The molecule has 236 valence electrons. The van der Waals surface area contributed by atoms with Gasteiger partial charge in [-0.2, -0.15) is 26.3 Å². The van der Waals surface area contributed by atoms with Crippen LogP contribution in [0.5, 0.6) is 0 Å². The first-order valence-electron chi connectivity index (χ1n) is 14.0.